The predicted octanol–water partition coefficient (Wildman–Crippen LogP) is 2.13. The highest BCUT2D eigenvalue weighted by Gasteiger charge is 2.35. The van der Waals surface area contributed by atoms with Gasteiger partial charge in [-0.15, -0.1) is 0 Å². The Bertz CT molecular complexity index is 698. The molecule has 0 saturated carbocycles. The van der Waals surface area contributed by atoms with Crippen LogP contribution in [-0.2, 0) is 9.59 Å². The first-order valence-electron chi connectivity index (χ1n) is 7.88. The fourth-order valence-electron chi connectivity index (χ4n) is 2.61. The van der Waals surface area contributed by atoms with Gasteiger partial charge in [0.1, 0.15) is 0 Å². The summed E-state index contributed by atoms with van der Waals surface area (Å²) in [4.78, 5) is 48.1. The Morgan fingerprint density at radius 3 is 2.50 bits per heavy atom. The largest absolute Gasteiger partial charge is 0.481 e. The van der Waals surface area contributed by atoms with Gasteiger partial charge in [0.2, 0.25) is 5.91 Å². The number of fused-ring (bicyclic) bond motifs is 1. The third-order valence-electron chi connectivity index (χ3n) is 3.96. The second kappa shape index (κ2) is 7.25. The maximum atomic E-state index is 12.3. The van der Waals surface area contributed by atoms with Crippen molar-refractivity contribution in [3.8, 4) is 0 Å². The molecule has 7 heteroatoms. The molecular weight excluding hydrogens is 312 g/mol. The maximum Gasteiger partial charge on any atom is 0.305 e. The Labute approximate surface area is 139 Å². The third-order valence-corrected chi connectivity index (χ3v) is 3.96. The van der Waals surface area contributed by atoms with Gasteiger partial charge in [0, 0.05) is 18.2 Å². The smallest absolute Gasteiger partial charge is 0.305 e. The number of carboxylic acid groups (broad SMARTS) is 1. The Kier molecular flexibility index (Phi) is 5.33. The Hall–Kier alpha value is -2.70. The van der Waals surface area contributed by atoms with Crippen LogP contribution in [0.4, 0.5) is 5.69 Å². The Morgan fingerprint density at radius 2 is 1.88 bits per heavy atom. The van der Waals surface area contributed by atoms with Crippen LogP contribution in [-0.4, -0.2) is 40.2 Å². The lowest BCUT2D eigenvalue weighted by atomic mass is 10.0. The van der Waals surface area contributed by atoms with Gasteiger partial charge in [-0.05, 0) is 24.6 Å². The van der Waals surface area contributed by atoms with E-state index in [4.69, 9.17) is 5.11 Å². The Morgan fingerprint density at radius 1 is 1.21 bits per heavy atom. The van der Waals surface area contributed by atoms with Crippen molar-refractivity contribution in [1.82, 2.24) is 4.90 Å². The maximum absolute atomic E-state index is 12.3. The van der Waals surface area contributed by atoms with Crippen molar-refractivity contribution < 1.29 is 24.3 Å². The molecule has 1 aromatic carbocycles. The predicted molar refractivity (Wildman–Crippen MR) is 86.8 cm³/mol. The summed E-state index contributed by atoms with van der Waals surface area (Å²) >= 11 is 0. The van der Waals surface area contributed by atoms with Gasteiger partial charge < -0.3 is 10.4 Å². The summed E-state index contributed by atoms with van der Waals surface area (Å²) in [6.45, 7) is 3.65. The van der Waals surface area contributed by atoms with Crippen LogP contribution in [0.1, 0.15) is 53.8 Å². The van der Waals surface area contributed by atoms with E-state index in [0.717, 1.165) is 17.7 Å². The molecule has 1 aliphatic heterocycles. The molecule has 0 bridgehead atoms. The minimum atomic E-state index is -1.08. The molecule has 2 rings (SSSR count). The van der Waals surface area contributed by atoms with Gasteiger partial charge in [-0.3, -0.25) is 24.1 Å². The highest BCUT2D eigenvalue weighted by atomic mass is 16.4. The molecule has 1 atom stereocenters. The van der Waals surface area contributed by atoms with Crippen molar-refractivity contribution in [3.05, 3.63) is 29.3 Å². The van der Waals surface area contributed by atoms with Crippen LogP contribution in [0, 0.1) is 5.92 Å². The lowest BCUT2D eigenvalue weighted by Crippen LogP contribution is -2.31. The summed E-state index contributed by atoms with van der Waals surface area (Å²) in [6.07, 6.45) is 1.35. The normalized spacial score (nSPS) is 14.5. The van der Waals surface area contributed by atoms with Crippen molar-refractivity contribution in [1.29, 1.82) is 0 Å². The second-order valence-corrected chi connectivity index (χ2v) is 5.85. The molecule has 0 radical (unpaired) electrons. The average molecular weight is 332 g/mol. The number of aliphatic carboxylic acids is 1. The van der Waals surface area contributed by atoms with Crippen LogP contribution in [0.3, 0.4) is 0 Å². The zero-order valence-corrected chi connectivity index (χ0v) is 13.7. The molecule has 1 heterocycles. The minimum Gasteiger partial charge on any atom is -0.481 e. The minimum absolute atomic E-state index is 0.142. The molecule has 0 aliphatic carbocycles. The molecule has 7 nitrogen and oxygen atoms in total. The molecule has 0 spiro atoms. The number of hydrogen-bond donors (Lipinski definition) is 2. The number of anilines is 1. The quantitative estimate of drug-likeness (QED) is 0.744. The van der Waals surface area contributed by atoms with Gasteiger partial charge in [0.25, 0.3) is 11.8 Å². The van der Waals surface area contributed by atoms with E-state index in [1.165, 1.54) is 12.1 Å². The van der Waals surface area contributed by atoms with Gasteiger partial charge in [0.15, 0.2) is 0 Å². The molecule has 1 aromatic rings. The monoisotopic (exact) mass is 332 g/mol. The first-order valence-corrected chi connectivity index (χ1v) is 7.88. The number of nitrogens with one attached hydrogen (secondary N) is 1. The van der Waals surface area contributed by atoms with E-state index in [0.29, 0.717) is 5.69 Å². The average Bonchev–Trinajstić information content (AvgIpc) is 2.76. The van der Waals surface area contributed by atoms with E-state index in [9.17, 15) is 19.2 Å². The molecule has 24 heavy (non-hydrogen) atoms. The van der Waals surface area contributed by atoms with Crippen LogP contribution in [0.5, 0.6) is 0 Å². The van der Waals surface area contributed by atoms with Crippen molar-refractivity contribution >= 4 is 29.4 Å². The van der Waals surface area contributed by atoms with Crippen LogP contribution in [0.2, 0.25) is 0 Å². The van der Waals surface area contributed by atoms with E-state index in [-0.39, 0.29) is 35.9 Å². The molecule has 3 amide bonds. The third kappa shape index (κ3) is 3.61. The number of imide groups is 1. The van der Waals surface area contributed by atoms with Gasteiger partial charge in [0.05, 0.1) is 17.5 Å². The first kappa shape index (κ1) is 17.7. The number of amides is 3. The molecule has 0 saturated heterocycles. The lowest BCUT2D eigenvalue weighted by Gasteiger charge is -2.12. The standard InChI is InChI=1S/C17H20N2O5/c1-3-4-10(2)15(22)18-11-5-6-12-13(9-11)17(24)19(16(12)23)8-7-14(20)21/h5-6,9-10H,3-4,7-8H2,1-2H3,(H,18,22)(H,20,21). The van der Waals surface area contributed by atoms with Crippen LogP contribution in [0.25, 0.3) is 0 Å². The number of carbonyl (C=O) groups is 4. The highest BCUT2D eigenvalue weighted by molar-refractivity contribution is 6.22. The number of carbonyl (C=O) groups excluding carboxylic acids is 3. The number of rotatable bonds is 7. The zero-order chi connectivity index (χ0) is 17.9. The van der Waals surface area contributed by atoms with E-state index >= 15 is 0 Å². The summed E-state index contributed by atoms with van der Waals surface area (Å²) in [5.41, 5.74) is 0.860. The van der Waals surface area contributed by atoms with Crippen molar-refractivity contribution in [3.63, 3.8) is 0 Å². The van der Waals surface area contributed by atoms with Crippen LogP contribution in [0.15, 0.2) is 18.2 Å². The number of hydrogen-bond acceptors (Lipinski definition) is 4. The van der Waals surface area contributed by atoms with Gasteiger partial charge >= 0.3 is 5.97 Å². The molecular formula is C17H20N2O5. The van der Waals surface area contributed by atoms with E-state index in [1.807, 2.05) is 13.8 Å². The fourth-order valence-corrected chi connectivity index (χ4v) is 2.61. The SMILES string of the molecule is CCCC(C)C(=O)Nc1ccc2c(c1)C(=O)N(CCC(=O)O)C2=O. The summed E-state index contributed by atoms with van der Waals surface area (Å²) in [5.74, 6) is -2.41. The lowest BCUT2D eigenvalue weighted by molar-refractivity contribution is -0.137. The first-order chi connectivity index (χ1) is 11.3. The molecule has 128 valence electrons. The summed E-state index contributed by atoms with van der Waals surface area (Å²) in [5, 5.41) is 11.4. The molecule has 0 fully saturated rings. The molecule has 1 unspecified atom stereocenters. The molecule has 0 aromatic heterocycles. The zero-order valence-electron chi connectivity index (χ0n) is 13.7. The molecule has 1 aliphatic rings. The number of carboxylic acids is 1. The van der Waals surface area contributed by atoms with Crippen molar-refractivity contribution in [2.45, 2.75) is 33.1 Å². The van der Waals surface area contributed by atoms with Crippen LogP contribution >= 0.6 is 0 Å². The van der Waals surface area contributed by atoms with Gasteiger partial charge in [-0.25, -0.2) is 0 Å². The summed E-state index contributed by atoms with van der Waals surface area (Å²) in [7, 11) is 0. The van der Waals surface area contributed by atoms with Gasteiger partial charge in [-0.2, -0.15) is 0 Å². The van der Waals surface area contributed by atoms with Crippen LogP contribution < -0.4 is 5.32 Å². The Balaban J connectivity index is 2.15. The van der Waals surface area contributed by atoms with E-state index in [1.54, 1.807) is 6.07 Å². The summed E-state index contributed by atoms with van der Waals surface area (Å²) in [6, 6.07) is 4.52. The molecule has 2 N–H and O–H groups in total. The second-order valence-electron chi connectivity index (χ2n) is 5.85. The highest BCUT2D eigenvalue weighted by Crippen LogP contribution is 2.26. The van der Waals surface area contributed by atoms with Gasteiger partial charge in [-0.1, -0.05) is 20.3 Å². The number of nitrogens with zero attached hydrogens (tertiary/aromatic N) is 1. The number of benzene rings is 1. The topological polar surface area (TPSA) is 104 Å². The van der Waals surface area contributed by atoms with E-state index < -0.39 is 17.8 Å². The van der Waals surface area contributed by atoms with Crippen molar-refractivity contribution in [2.24, 2.45) is 5.92 Å². The van der Waals surface area contributed by atoms with E-state index in [2.05, 4.69) is 5.32 Å². The summed E-state index contributed by atoms with van der Waals surface area (Å²) < 4.78 is 0. The van der Waals surface area contributed by atoms with Crippen molar-refractivity contribution in [2.75, 3.05) is 11.9 Å². The fraction of sp³-hybridized carbons (Fsp3) is 0.412.